The number of nitrogens with zero attached hydrogens (tertiary/aromatic N) is 3. The highest BCUT2D eigenvalue weighted by molar-refractivity contribution is 5.98. The van der Waals surface area contributed by atoms with E-state index in [0.29, 0.717) is 17.7 Å². The number of ether oxygens (including phenoxy) is 1. The van der Waals surface area contributed by atoms with E-state index in [4.69, 9.17) is 4.74 Å². The Hall–Kier alpha value is -2.57. The average molecular weight is 361 g/mol. The van der Waals surface area contributed by atoms with Crippen molar-refractivity contribution in [3.8, 4) is 5.88 Å². The zero-order valence-corrected chi connectivity index (χ0v) is 15.2. The lowest BCUT2D eigenvalue weighted by atomic mass is 10.1. The summed E-state index contributed by atoms with van der Waals surface area (Å²) in [6.45, 7) is 6.13. The number of pyridine rings is 2. The predicted molar refractivity (Wildman–Crippen MR) is 92.4 cm³/mol. The van der Waals surface area contributed by atoms with Gasteiger partial charge in [0.05, 0.1) is 6.04 Å². The molecule has 1 aliphatic rings. The third-order valence-electron chi connectivity index (χ3n) is 4.55. The van der Waals surface area contributed by atoms with Gasteiger partial charge in [0, 0.05) is 48.2 Å². The molecule has 2 aromatic heterocycles. The summed E-state index contributed by atoms with van der Waals surface area (Å²) in [6, 6.07) is 3.35. The second-order valence-electron chi connectivity index (χ2n) is 6.78. The molecule has 0 aliphatic carbocycles. The highest BCUT2D eigenvalue weighted by Crippen LogP contribution is 2.33. The molecule has 5 nitrogen and oxygen atoms in total. The lowest BCUT2D eigenvalue weighted by Crippen LogP contribution is -2.27. The molecule has 1 unspecified atom stereocenters. The van der Waals surface area contributed by atoms with Gasteiger partial charge in [0.1, 0.15) is 0 Å². The van der Waals surface area contributed by atoms with Gasteiger partial charge in [-0.2, -0.15) is 0 Å². The fourth-order valence-electron chi connectivity index (χ4n) is 3.05. The molecule has 0 bridgehead atoms. The summed E-state index contributed by atoms with van der Waals surface area (Å²) in [6.07, 6.45) is 3.21. The fourth-order valence-corrected chi connectivity index (χ4v) is 3.05. The van der Waals surface area contributed by atoms with Crippen molar-refractivity contribution in [3.05, 3.63) is 52.5 Å². The number of aromatic nitrogens is 2. The van der Waals surface area contributed by atoms with E-state index in [-0.39, 0.29) is 17.8 Å². The summed E-state index contributed by atoms with van der Waals surface area (Å²) < 4.78 is 31.0. The molecule has 3 heterocycles. The largest absolute Gasteiger partial charge is 0.471 e. The van der Waals surface area contributed by atoms with Crippen molar-refractivity contribution in [3.63, 3.8) is 0 Å². The topological polar surface area (TPSA) is 55.3 Å². The molecule has 7 heteroatoms. The van der Waals surface area contributed by atoms with Crippen LogP contribution in [0.25, 0.3) is 0 Å². The zero-order chi connectivity index (χ0) is 19.1. The molecule has 3 rings (SSSR count). The van der Waals surface area contributed by atoms with Gasteiger partial charge in [-0.1, -0.05) is 0 Å². The number of hydrogen-bond acceptors (Lipinski definition) is 4. The molecule has 0 saturated heterocycles. The van der Waals surface area contributed by atoms with E-state index < -0.39 is 12.5 Å². The first-order valence-corrected chi connectivity index (χ1v) is 8.40. The third-order valence-corrected chi connectivity index (χ3v) is 4.55. The summed E-state index contributed by atoms with van der Waals surface area (Å²) in [4.78, 5) is 22.9. The first-order chi connectivity index (χ1) is 12.2. The van der Waals surface area contributed by atoms with E-state index >= 15 is 0 Å². The molecule has 2 aromatic rings. The minimum atomic E-state index is -2.92. The van der Waals surface area contributed by atoms with Gasteiger partial charge in [-0.25, -0.2) is 13.8 Å². The maximum Gasteiger partial charge on any atom is 0.278 e. The van der Waals surface area contributed by atoms with Crippen LogP contribution in [0.2, 0.25) is 0 Å². The van der Waals surface area contributed by atoms with Gasteiger partial charge in [0.15, 0.2) is 6.61 Å². The van der Waals surface area contributed by atoms with Crippen molar-refractivity contribution in [2.45, 2.75) is 46.2 Å². The molecule has 1 aliphatic heterocycles. The van der Waals surface area contributed by atoms with Crippen molar-refractivity contribution < 1.29 is 18.3 Å². The molecule has 0 fully saturated rings. The SMILES string of the molecule is Cc1cc(C(C)N2Cc3c(ccnc3C)C2=O)cnc1OCC(C)(F)F. The van der Waals surface area contributed by atoms with Crippen LogP contribution in [-0.2, 0) is 6.54 Å². The number of fused-ring (bicyclic) bond motifs is 1. The molecular formula is C19H21F2N3O2. The first-order valence-electron chi connectivity index (χ1n) is 8.40. The monoisotopic (exact) mass is 361 g/mol. The Morgan fingerprint density at radius 2 is 2.08 bits per heavy atom. The van der Waals surface area contributed by atoms with Crippen molar-refractivity contribution in [1.29, 1.82) is 0 Å². The second kappa shape index (κ2) is 6.63. The molecule has 0 spiro atoms. The van der Waals surface area contributed by atoms with E-state index in [1.54, 1.807) is 30.3 Å². The van der Waals surface area contributed by atoms with Gasteiger partial charge in [-0.15, -0.1) is 0 Å². The first kappa shape index (κ1) is 18.2. The second-order valence-corrected chi connectivity index (χ2v) is 6.78. The van der Waals surface area contributed by atoms with Gasteiger partial charge < -0.3 is 9.64 Å². The highest BCUT2D eigenvalue weighted by Gasteiger charge is 2.33. The summed E-state index contributed by atoms with van der Waals surface area (Å²) in [5.41, 5.74) is 3.95. The van der Waals surface area contributed by atoms with E-state index in [1.165, 1.54) is 0 Å². The number of rotatable bonds is 5. The van der Waals surface area contributed by atoms with E-state index in [9.17, 15) is 13.6 Å². The van der Waals surface area contributed by atoms with Crippen LogP contribution in [-0.4, -0.2) is 33.3 Å². The molecule has 0 saturated carbocycles. The fraction of sp³-hybridized carbons (Fsp3) is 0.421. The van der Waals surface area contributed by atoms with Crippen LogP contribution in [0.4, 0.5) is 8.78 Å². The molecule has 138 valence electrons. The van der Waals surface area contributed by atoms with Crippen LogP contribution in [0.3, 0.4) is 0 Å². The molecule has 1 amide bonds. The minimum absolute atomic E-state index is 0.0402. The molecule has 26 heavy (non-hydrogen) atoms. The molecule has 0 N–H and O–H groups in total. The van der Waals surface area contributed by atoms with Crippen molar-refractivity contribution in [2.75, 3.05) is 6.61 Å². The Balaban J connectivity index is 1.79. The Labute approximate surface area is 151 Å². The Kier molecular flexibility index (Phi) is 4.64. The number of carbonyl (C=O) groups is 1. The van der Waals surface area contributed by atoms with Crippen molar-refractivity contribution >= 4 is 5.91 Å². The lowest BCUT2D eigenvalue weighted by molar-refractivity contribution is -0.0244. The summed E-state index contributed by atoms with van der Waals surface area (Å²) in [5, 5.41) is 0. The highest BCUT2D eigenvalue weighted by atomic mass is 19.3. The lowest BCUT2D eigenvalue weighted by Gasteiger charge is -2.25. The number of amides is 1. The number of aryl methyl sites for hydroxylation is 2. The van der Waals surface area contributed by atoms with Gasteiger partial charge in [-0.3, -0.25) is 9.78 Å². The van der Waals surface area contributed by atoms with E-state index in [2.05, 4.69) is 9.97 Å². The number of hydrogen-bond donors (Lipinski definition) is 0. The van der Waals surface area contributed by atoms with Gasteiger partial charge in [0.2, 0.25) is 5.88 Å². The van der Waals surface area contributed by atoms with Crippen molar-refractivity contribution in [1.82, 2.24) is 14.9 Å². The van der Waals surface area contributed by atoms with Crippen molar-refractivity contribution in [2.24, 2.45) is 0 Å². The molecular weight excluding hydrogens is 340 g/mol. The number of alkyl halides is 2. The molecule has 0 aromatic carbocycles. The van der Waals surface area contributed by atoms with E-state index in [1.807, 2.05) is 19.9 Å². The minimum Gasteiger partial charge on any atom is -0.471 e. The van der Waals surface area contributed by atoms with Crippen LogP contribution in [0.15, 0.2) is 24.5 Å². The summed E-state index contributed by atoms with van der Waals surface area (Å²) >= 11 is 0. The normalized spacial score (nSPS) is 15.2. The van der Waals surface area contributed by atoms with Gasteiger partial charge >= 0.3 is 0 Å². The third kappa shape index (κ3) is 3.52. The smallest absolute Gasteiger partial charge is 0.278 e. The Morgan fingerprint density at radius 3 is 2.69 bits per heavy atom. The predicted octanol–water partition coefficient (Wildman–Crippen LogP) is 3.84. The maximum absolute atomic E-state index is 13.0. The molecule has 0 radical (unpaired) electrons. The Bertz CT molecular complexity index is 849. The standard InChI is InChI=1S/C19H21F2N3O2/c1-11-7-14(8-23-17(11)26-10-19(4,20)21)13(3)24-9-16-12(2)22-6-5-15(16)18(24)25/h5-8,13H,9-10H2,1-4H3. The summed E-state index contributed by atoms with van der Waals surface area (Å²) in [7, 11) is 0. The Morgan fingerprint density at radius 1 is 1.35 bits per heavy atom. The maximum atomic E-state index is 13.0. The number of halogens is 2. The van der Waals surface area contributed by atoms with E-state index in [0.717, 1.165) is 23.7 Å². The van der Waals surface area contributed by atoms with Crippen LogP contribution in [0.5, 0.6) is 5.88 Å². The van der Waals surface area contributed by atoms with Crippen LogP contribution < -0.4 is 4.74 Å². The zero-order valence-electron chi connectivity index (χ0n) is 15.2. The summed E-state index contributed by atoms with van der Waals surface area (Å²) in [5.74, 6) is -2.78. The van der Waals surface area contributed by atoms with Gasteiger partial charge in [-0.05, 0) is 38.5 Å². The van der Waals surface area contributed by atoms with Gasteiger partial charge in [0.25, 0.3) is 11.8 Å². The van der Waals surface area contributed by atoms with Crippen LogP contribution in [0, 0.1) is 13.8 Å². The number of carbonyl (C=O) groups excluding carboxylic acids is 1. The average Bonchev–Trinajstić information content (AvgIpc) is 2.91. The van der Waals surface area contributed by atoms with Crippen LogP contribution in [0.1, 0.15) is 52.6 Å². The quantitative estimate of drug-likeness (QED) is 0.812. The molecule has 1 atom stereocenters. The van der Waals surface area contributed by atoms with Crippen LogP contribution >= 0.6 is 0 Å².